The highest BCUT2D eigenvalue weighted by Gasteiger charge is 2.41. The molecule has 0 N–H and O–H groups in total. The Morgan fingerprint density at radius 1 is 0.917 bits per heavy atom. The van der Waals surface area contributed by atoms with Gasteiger partial charge in [-0.3, -0.25) is 14.7 Å². The Morgan fingerprint density at radius 2 is 1.60 bits per heavy atom. The summed E-state index contributed by atoms with van der Waals surface area (Å²) < 4.78 is 27.8. The molecule has 0 radical (unpaired) electrons. The third-order valence-corrected chi connectivity index (χ3v) is 9.25. The summed E-state index contributed by atoms with van der Waals surface area (Å²) in [6.45, 7) is 9.26. The van der Waals surface area contributed by atoms with Gasteiger partial charge in [0.25, 0.3) is 5.91 Å². The Labute approximate surface area is 283 Å². The number of likely N-dealkylation sites (tertiary alicyclic amines) is 1. The van der Waals surface area contributed by atoms with E-state index in [4.69, 9.17) is 28.7 Å². The van der Waals surface area contributed by atoms with Crippen molar-refractivity contribution >= 4 is 18.1 Å². The first-order chi connectivity index (χ1) is 23.1. The number of amides is 1. The van der Waals surface area contributed by atoms with Crippen molar-refractivity contribution in [1.82, 2.24) is 9.80 Å². The molecule has 2 aliphatic rings. The summed E-state index contributed by atoms with van der Waals surface area (Å²) >= 11 is 0. The van der Waals surface area contributed by atoms with E-state index in [0.717, 1.165) is 29.8 Å². The molecule has 2 aliphatic heterocycles. The molecule has 48 heavy (non-hydrogen) atoms. The number of aliphatic imine (C=N–C) groups is 1. The molecule has 1 unspecified atom stereocenters. The standard InChI is InChI=1S/C38H47N3O7/c1-9-47-34-20-31-28(18-33(34)46-8)21-39-32-14-15-40(5)36(35(31)32)25-10-12-26(13-11-25)37(42)41(23(2)3)24(4)22-48-38(43)27-16-29(44-6)19-30(17-27)45-7/h10-13,16-21,23-24,32,35-36H,9,14-15,22H2,1-8H3/t24-,32+,35-,36?/m0/s1. The summed E-state index contributed by atoms with van der Waals surface area (Å²) in [4.78, 5) is 35.9. The van der Waals surface area contributed by atoms with Crippen LogP contribution in [-0.4, -0.2) is 94.2 Å². The Kier molecular flexibility index (Phi) is 10.9. The maximum atomic E-state index is 13.9. The second kappa shape index (κ2) is 15.1. The Morgan fingerprint density at radius 3 is 2.21 bits per heavy atom. The van der Waals surface area contributed by atoms with E-state index in [2.05, 4.69) is 30.1 Å². The number of likely N-dealkylation sites (N-methyl/N-ethyl adjacent to an activating group) is 1. The van der Waals surface area contributed by atoms with Crippen LogP contribution in [0.25, 0.3) is 0 Å². The Hall–Kier alpha value is -4.57. The molecule has 1 saturated heterocycles. The molecule has 1 fully saturated rings. The molecule has 256 valence electrons. The molecule has 1 amide bonds. The van der Waals surface area contributed by atoms with Gasteiger partial charge < -0.3 is 28.6 Å². The van der Waals surface area contributed by atoms with Gasteiger partial charge in [-0.2, -0.15) is 0 Å². The van der Waals surface area contributed by atoms with Gasteiger partial charge in [0.15, 0.2) is 11.5 Å². The van der Waals surface area contributed by atoms with Crippen molar-refractivity contribution in [3.8, 4) is 23.0 Å². The maximum absolute atomic E-state index is 13.9. The van der Waals surface area contributed by atoms with Crippen LogP contribution in [0.3, 0.4) is 0 Å². The summed E-state index contributed by atoms with van der Waals surface area (Å²) in [6, 6.07) is 16.6. The molecule has 3 aromatic rings. The second-order valence-electron chi connectivity index (χ2n) is 12.6. The quantitative estimate of drug-likeness (QED) is 0.214. The van der Waals surface area contributed by atoms with E-state index in [-0.39, 0.29) is 42.6 Å². The molecule has 2 heterocycles. The van der Waals surface area contributed by atoms with Crippen LogP contribution in [0.15, 0.2) is 59.6 Å². The third kappa shape index (κ3) is 7.13. The first-order valence-electron chi connectivity index (χ1n) is 16.5. The van der Waals surface area contributed by atoms with E-state index in [9.17, 15) is 9.59 Å². The van der Waals surface area contributed by atoms with Crippen LogP contribution in [0.5, 0.6) is 23.0 Å². The lowest BCUT2D eigenvalue weighted by Gasteiger charge is -2.45. The number of esters is 1. The average Bonchev–Trinajstić information content (AvgIpc) is 3.10. The highest BCUT2D eigenvalue weighted by molar-refractivity contribution is 5.95. The van der Waals surface area contributed by atoms with Gasteiger partial charge in [-0.25, -0.2) is 4.79 Å². The van der Waals surface area contributed by atoms with E-state index in [1.165, 1.54) is 19.8 Å². The summed E-state index contributed by atoms with van der Waals surface area (Å²) in [5.41, 5.74) is 4.23. The van der Waals surface area contributed by atoms with Crippen LogP contribution in [0, 0.1) is 0 Å². The van der Waals surface area contributed by atoms with E-state index >= 15 is 0 Å². The van der Waals surface area contributed by atoms with Crippen LogP contribution in [-0.2, 0) is 4.74 Å². The molecule has 0 spiro atoms. The minimum absolute atomic E-state index is 0.0325. The normalized spacial score (nSPS) is 19.1. The minimum Gasteiger partial charge on any atom is -0.497 e. The predicted octanol–water partition coefficient (Wildman–Crippen LogP) is 6.17. The molecule has 0 aromatic heterocycles. The van der Waals surface area contributed by atoms with Gasteiger partial charge in [-0.1, -0.05) is 12.1 Å². The number of carbonyl (C=O) groups is 2. The summed E-state index contributed by atoms with van der Waals surface area (Å²) in [5.74, 6) is 1.88. The van der Waals surface area contributed by atoms with Crippen LogP contribution in [0.1, 0.15) is 83.5 Å². The van der Waals surface area contributed by atoms with Crippen molar-refractivity contribution in [1.29, 1.82) is 0 Å². The minimum atomic E-state index is -0.519. The smallest absolute Gasteiger partial charge is 0.338 e. The number of benzene rings is 3. The molecular formula is C38H47N3O7. The lowest BCUT2D eigenvalue weighted by atomic mass is 9.74. The zero-order valence-electron chi connectivity index (χ0n) is 29.2. The van der Waals surface area contributed by atoms with Gasteiger partial charge in [0.05, 0.1) is 45.6 Å². The van der Waals surface area contributed by atoms with E-state index < -0.39 is 5.97 Å². The molecule has 5 rings (SSSR count). The lowest BCUT2D eigenvalue weighted by molar-refractivity contribution is 0.0292. The first-order valence-corrected chi connectivity index (χ1v) is 16.5. The van der Waals surface area contributed by atoms with E-state index in [1.54, 1.807) is 30.2 Å². The number of hydrogen-bond acceptors (Lipinski definition) is 9. The molecule has 0 saturated carbocycles. The number of piperidine rings is 1. The van der Waals surface area contributed by atoms with Crippen LogP contribution >= 0.6 is 0 Å². The van der Waals surface area contributed by atoms with Crippen molar-refractivity contribution < 1.29 is 33.3 Å². The zero-order chi connectivity index (χ0) is 34.5. The molecule has 10 heteroatoms. The summed E-state index contributed by atoms with van der Waals surface area (Å²) in [5, 5.41) is 0. The van der Waals surface area contributed by atoms with Crippen LogP contribution in [0.4, 0.5) is 0 Å². The second-order valence-corrected chi connectivity index (χ2v) is 12.6. The number of carbonyl (C=O) groups excluding carboxylic acids is 2. The lowest BCUT2D eigenvalue weighted by Crippen LogP contribution is -2.46. The number of ether oxygens (including phenoxy) is 5. The number of hydrogen-bond donors (Lipinski definition) is 0. The third-order valence-electron chi connectivity index (χ3n) is 9.25. The summed E-state index contributed by atoms with van der Waals surface area (Å²) in [6.07, 6.45) is 2.92. The topological polar surface area (TPSA) is 99.1 Å². The monoisotopic (exact) mass is 657 g/mol. The number of fused-ring (bicyclic) bond motifs is 3. The predicted molar refractivity (Wildman–Crippen MR) is 185 cm³/mol. The van der Waals surface area contributed by atoms with Crippen LogP contribution < -0.4 is 18.9 Å². The SMILES string of the molecule is CCOc1cc2c(cc1OC)C=N[C@@H]1CCN(C)C(c3ccc(C(=O)N(C(C)C)[C@@H](C)COC(=O)c4cc(OC)cc(OC)c4)cc3)[C@@H]21. The molecule has 0 bridgehead atoms. The van der Waals surface area contributed by atoms with Crippen molar-refractivity contribution in [3.05, 3.63) is 82.4 Å². The van der Waals surface area contributed by atoms with Gasteiger partial charge >= 0.3 is 5.97 Å². The number of rotatable bonds is 12. The van der Waals surface area contributed by atoms with Gasteiger partial charge in [-0.15, -0.1) is 0 Å². The zero-order valence-corrected chi connectivity index (χ0v) is 29.2. The fourth-order valence-electron chi connectivity index (χ4n) is 6.94. The Balaban J connectivity index is 1.35. The van der Waals surface area contributed by atoms with Crippen molar-refractivity contribution in [2.24, 2.45) is 4.99 Å². The molecular weight excluding hydrogens is 610 g/mol. The van der Waals surface area contributed by atoms with E-state index in [0.29, 0.717) is 35.0 Å². The summed E-state index contributed by atoms with van der Waals surface area (Å²) in [7, 11) is 6.85. The van der Waals surface area contributed by atoms with E-state index in [1.807, 2.05) is 52.1 Å². The molecule has 3 aromatic carbocycles. The van der Waals surface area contributed by atoms with Gasteiger partial charge in [-0.05, 0) is 94.3 Å². The van der Waals surface area contributed by atoms with Gasteiger partial charge in [0, 0.05) is 42.4 Å². The number of methoxy groups -OCH3 is 3. The van der Waals surface area contributed by atoms with Crippen molar-refractivity contribution in [2.75, 3.05) is 48.1 Å². The first kappa shape index (κ1) is 34.8. The maximum Gasteiger partial charge on any atom is 0.338 e. The molecule has 10 nitrogen and oxygen atoms in total. The fraction of sp³-hybridized carbons (Fsp3) is 0.447. The van der Waals surface area contributed by atoms with Crippen molar-refractivity contribution in [2.45, 2.75) is 64.2 Å². The Bertz CT molecular complexity index is 1620. The average molecular weight is 658 g/mol. The molecule has 0 aliphatic carbocycles. The van der Waals surface area contributed by atoms with Gasteiger partial charge in [0.1, 0.15) is 18.1 Å². The number of nitrogens with zero attached hydrogens (tertiary/aromatic N) is 3. The molecule has 4 atom stereocenters. The van der Waals surface area contributed by atoms with Crippen molar-refractivity contribution in [3.63, 3.8) is 0 Å². The highest BCUT2D eigenvalue weighted by atomic mass is 16.5. The van der Waals surface area contributed by atoms with Crippen LogP contribution in [0.2, 0.25) is 0 Å². The van der Waals surface area contributed by atoms with Gasteiger partial charge in [0.2, 0.25) is 0 Å². The fourth-order valence-corrected chi connectivity index (χ4v) is 6.94. The highest BCUT2D eigenvalue weighted by Crippen LogP contribution is 2.48. The largest absolute Gasteiger partial charge is 0.497 e.